The van der Waals surface area contributed by atoms with Crippen LogP contribution in [-0.4, -0.2) is 35.9 Å². The molecule has 1 fully saturated rings. The van der Waals surface area contributed by atoms with Crippen LogP contribution in [0.25, 0.3) is 10.7 Å². The monoisotopic (exact) mass is 357 g/mol. The summed E-state index contributed by atoms with van der Waals surface area (Å²) in [6.07, 6.45) is 3.20. The first-order valence-electron chi connectivity index (χ1n) is 6.70. The zero-order valence-electron chi connectivity index (χ0n) is 11.0. The molecule has 3 rings (SSSR count). The Hall–Kier alpha value is -0.760. The van der Waals surface area contributed by atoms with Crippen molar-refractivity contribution in [3.8, 4) is 10.7 Å². The second-order valence-electron chi connectivity index (χ2n) is 4.71. The number of rotatable bonds is 5. The number of aromatic nitrogens is 2. The largest absolute Gasteiger partial charge is 0.378 e. The molecule has 0 unspecified atom stereocenters. The molecule has 3 heterocycles. The van der Waals surface area contributed by atoms with Gasteiger partial charge in [0, 0.05) is 9.85 Å². The maximum Gasteiger partial charge on any atom is 0.229 e. The Balaban J connectivity index is 1.50. The minimum atomic E-state index is 0.367. The summed E-state index contributed by atoms with van der Waals surface area (Å²) in [6.45, 7) is 2.73. The molecule has 0 saturated carbocycles. The lowest BCUT2D eigenvalue weighted by Crippen LogP contribution is -2.32. The molecule has 0 radical (unpaired) electrons. The summed E-state index contributed by atoms with van der Waals surface area (Å²) in [7, 11) is 0. The van der Waals surface area contributed by atoms with Crippen molar-refractivity contribution in [3.63, 3.8) is 0 Å². The second-order valence-corrected chi connectivity index (χ2v) is 6.54. The molecular weight excluding hydrogens is 342 g/mol. The summed E-state index contributed by atoms with van der Waals surface area (Å²) in [6, 6.07) is 1.99. The van der Waals surface area contributed by atoms with Crippen LogP contribution in [0.1, 0.15) is 18.7 Å². The minimum absolute atomic E-state index is 0.367. The van der Waals surface area contributed by atoms with Gasteiger partial charge in [-0.2, -0.15) is 4.98 Å². The van der Waals surface area contributed by atoms with Gasteiger partial charge in [-0.25, -0.2) is 0 Å². The summed E-state index contributed by atoms with van der Waals surface area (Å²) >= 11 is 5.01. The van der Waals surface area contributed by atoms with Crippen molar-refractivity contribution in [2.75, 3.05) is 19.7 Å². The fraction of sp³-hybridized carbons (Fsp3) is 0.538. The van der Waals surface area contributed by atoms with Crippen molar-refractivity contribution < 1.29 is 9.26 Å². The summed E-state index contributed by atoms with van der Waals surface area (Å²) in [5, 5.41) is 9.33. The Morgan fingerprint density at radius 3 is 3.05 bits per heavy atom. The first-order chi connectivity index (χ1) is 9.81. The quantitative estimate of drug-likeness (QED) is 0.891. The number of hydrogen-bond acceptors (Lipinski definition) is 6. The Morgan fingerprint density at radius 1 is 1.45 bits per heavy atom. The van der Waals surface area contributed by atoms with Crippen LogP contribution in [-0.2, 0) is 11.2 Å². The van der Waals surface area contributed by atoms with Crippen LogP contribution in [0.2, 0.25) is 0 Å². The maximum atomic E-state index is 5.83. The molecule has 0 aliphatic carbocycles. The highest BCUT2D eigenvalue weighted by molar-refractivity contribution is 9.10. The van der Waals surface area contributed by atoms with Crippen molar-refractivity contribution >= 4 is 27.3 Å². The number of halogens is 1. The highest BCUT2D eigenvalue weighted by atomic mass is 79.9. The van der Waals surface area contributed by atoms with Crippen molar-refractivity contribution in [2.45, 2.75) is 25.4 Å². The third-order valence-electron chi connectivity index (χ3n) is 3.21. The molecule has 2 aromatic heterocycles. The van der Waals surface area contributed by atoms with Crippen LogP contribution in [0.3, 0.4) is 0 Å². The van der Waals surface area contributed by atoms with Crippen LogP contribution in [0, 0.1) is 0 Å². The lowest BCUT2D eigenvalue weighted by atomic mass is 10.1. The lowest BCUT2D eigenvalue weighted by molar-refractivity contribution is 0.0322. The van der Waals surface area contributed by atoms with Crippen LogP contribution in [0.5, 0.6) is 0 Å². The molecule has 0 amide bonds. The summed E-state index contributed by atoms with van der Waals surface area (Å²) in [5.41, 5.74) is 0. The molecule has 1 saturated heterocycles. The lowest BCUT2D eigenvalue weighted by Gasteiger charge is -2.22. The average Bonchev–Trinajstić information content (AvgIpc) is 3.09. The van der Waals surface area contributed by atoms with E-state index in [1.807, 2.05) is 11.4 Å². The topological polar surface area (TPSA) is 60.2 Å². The van der Waals surface area contributed by atoms with E-state index in [-0.39, 0.29) is 0 Å². The molecule has 1 N–H and O–H groups in total. The molecule has 20 heavy (non-hydrogen) atoms. The summed E-state index contributed by atoms with van der Waals surface area (Å²) < 4.78 is 12.1. The van der Waals surface area contributed by atoms with Gasteiger partial charge in [0.15, 0.2) is 0 Å². The molecule has 0 atom stereocenters. The van der Waals surface area contributed by atoms with Crippen LogP contribution in [0.4, 0.5) is 0 Å². The predicted octanol–water partition coefficient (Wildman–Crippen LogP) is 2.87. The minimum Gasteiger partial charge on any atom is -0.378 e. The number of hydrogen-bond donors (Lipinski definition) is 1. The van der Waals surface area contributed by atoms with Crippen LogP contribution < -0.4 is 5.32 Å². The van der Waals surface area contributed by atoms with Crippen molar-refractivity contribution in [3.05, 3.63) is 21.8 Å². The van der Waals surface area contributed by atoms with Gasteiger partial charge in [-0.15, -0.1) is 11.3 Å². The molecule has 0 bridgehead atoms. The molecule has 0 spiro atoms. The van der Waals surface area contributed by atoms with Gasteiger partial charge in [-0.3, -0.25) is 0 Å². The molecule has 2 aromatic rings. The first kappa shape index (κ1) is 14.2. The van der Waals surface area contributed by atoms with Gasteiger partial charge in [-0.1, -0.05) is 5.16 Å². The number of piperidine rings is 1. The number of nitrogens with one attached hydrogen (secondary N) is 1. The third kappa shape index (κ3) is 3.66. The SMILES string of the molecule is Brc1csc(-c2noc(CCOC3CCNCC3)n2)c1. The van der Waals surface area contributed by atoms with E-state index in [2.05, 4.69) is 31.4 Å². The molecule has 1 aliphatic rings. The Labute approximate surface area is 129 Å². The van der Waals surface area contributed by atoms with Crippen molar-refractivity contribution in [1.82, 2.24) is 15.5 Å². The van der Waals surface area contributed by atoms with Gasteiger partial charge in [-0.05, 0) is 47.9 Å². The van der Waals surface area contributed by atoms with E-state index < -0.39 is 0 Å². The van der Waals surface area contributed by atoms with E-state index in [0.29, 0.717) is 30.8 Å². The fourth-order valence-corrected chi connectivity index (χ4v) is 3.51. The molecule has 108 valence electrons. The summed E-state index contributed by atoms with van der Waals surface area (Å²) in [4.78, 5) is 5.40. The van der Waals surface area contributed by atoms with Crippen LogP contribution >= 0.6 is 27.3 Å². The zero-order chi connectivity index (χ0) is 13.8. The number of ether oxygens (including phenoxy) is 1. The molecule has 0 aromatic carbocycles. The van der Waals surface area contributed by atoms with E-state index in [9.17, 15) is 0 Å². The van der Waals surface area contributed by atoms with Gasteiger partial charge in [0.25, 0.3) is 0 Å². The predicted molar refractivity (Wildman–Crippen MR) is 80.9 cm³/mol. The molecule has 5 nitrogen and oxygen atoms in total. The highest BCUT2D eigenvalue weighted by Gasteiger charge is 2.14. The van der Waals surface area contributed by atoms with Crippen molar-refractivity contribution in [2.24, 2.45) is 0 Å². The van der Waals surface area contributed by atoms with Gasteiger partial charge in [0.05, 0.1) is 24.0 Å². The average molecular weight is 358 g/mol. The Kier molecular flexibility index (Phi) is 4.82. The smallest absolute Gasteiger partial charge is 0.229 e. The van der Waals surface area contributed by atoms with E-state index in [4.69, 9.17) is 9.26 Å². The first-order valence-corrected chi connectivity index (χ1v) is 8.38. The highest BCUT2D eigenvalue weighted by Crippen LogP contribution is 2.27. The van der Waals surface area contributed by atoms with E-state index >= 15 is 0 Å². The third-order valence-corrected chi connectivity index (χ3v) is 4.90. The fourth-order valence-electron chi connectivity index (χ4n) is 2.16. The summed E-state index contributed by atoms with van der Waals surface area (Å²) in [5.74, 6) is 1.29. The van der Waals surface area contributed by atoms with Crippen LogP contribution in [0.15, 0.2) is 20.4 Å². The van der Waals surface area contributed by atoms with E-state index in [1.54, 1.807) is 11.3 Å². The standard InChI is InChI=1S/C13H16BrN3O2S/c14-9-7-11(20-8-9)13-16-12(19-17-13)3-6-18-10-1-4-15-5-2-10/h7-8,10,15H,1-6H2. The van der Waals surface area contributed by atoms with Crippen molar-refractivity contribution in [1.29, 1.82) is 0 Å². The van der Waals surface area contributed by atoms with Gasteiger partial charge in [0.2, 0.25) is 11.7 Å². The van der Waals surface area contributed by atoms with Gasteiger partial charge in [0.1, 0.15) is 0 Å². The second kappa shape index (κ2) is 6.80. The molecule has 1 aliphatic heterocycles. The maximum absolute atomic E-state index is 5.83. The molecule has 7 heteroatoms. The van der Waals surface area contributed by atoms with E-state index in [1.165, 1.54) is 0 Å². The van der Waals surface area contributed by atoms with E-state index in [0.717, 1.165) is 35.3 Å². The normalized spacial score (nSPS) is 16.6. The number of nitrogens with zero attached hydrogens (tertiary/aromatic N) is 2. The number of thiophene rings is 1. The Morgan fingerprint density at radius 2 is 2.30 bits per heavy atom. The van der Waals surface area contributed by atoms with Gasteiger partial charge < -0.3 is 14.6 Å². The van der Waals surface area contributed by atoms with Gasteiger partial charge >= 0.3 is 0 Å². The molecular formula is C13H16BrN3O2S. The Bertz CT molecular complexity index is 551. The zero-order valence-corrected chi connectivity index (χ0v) is 13.4.